The van der Waals surface area contributed by atoms with E-state index in [0.29, 0.717) is 18.2 Å². The molecule has 1 N–H and O–H groups in total. The van der Waals surface area contributed by atoms with Gasteiger partial charge in [-0.15, -0.1) is 0 Å². The summed E-state index contributed by atoms with van der Waals surface area (Å²) >= 11 is 17.7. The molecule has 0 aliphatic rings. The van der Waals surface area contributed by atoms with Gasteiger partial charge in [-0.1, -0.05) is 83.3 Å². The average molecular weight is 561 g/mol. The van der Waals surface area contributed by atoms with Gasteiger partial charge in [-0.25, -0.2) is 13.1 Å². The second-order valence-electron chi connectivity index (χ2n) is 7.90. The monoisotopic (exact) mass is 559 g/mol. The Labute approximate surface area is 224 Å². The molecular weight excluding hydrogens is 541 g/mol. The Morgan fingerprint density at radius 2 is 1.19 bits per heavy atom. The van der Waals surface area contributed by atoms with Crippen LogP contribution in [-0.2, 0) is 28.0 Å². The molecule has 4 aromatic rings. The number of hydrogen-bond acceptors (Lipinski definition) is 4. The molecule has 0 aliphatic carbocycles. The summed E-state index contributed by atoms with van der Waals surface area (Å²) in [4.78, 5) is 12.2. The van der Waals surface area contributed by atoms with E-state index in [-0.39, 0.29) is 20.5 Å². The molecule has 36 heavy (non-hydrogen) atoms. The Kier molecular flexibility index (Phi) is 8.34. The zero-order valence-corrected chi connectivity index (χ0v) is 21.8. The van der Waals surface area contributed by atoms with Gasteiger partial charge in [0.15, 0.2) is 0 Å². The largest absolute Gasteiger partial charge is 0.372 e. The van der Waals surface area contributed by atoms with E-state index in [1.807, 2.05) is 53.3 Å². The lowest BCUT2D eigenvalue weighted by molar-refractivity contribution is 0.0980. The van der Waals surface area contributed by atoms with Crippen molar-refractivity contribution in [2.24, 2.45) is 0 Å². The van der Waals surface area contributed by atoms with E-state index in [1.54, 1.807) is 12.1 Å². The molecule has 0 unspecified atom stereocenters. The van der Waals surface area contributed by atoms with Crippen molar-refractivity contribution in [2.75, 3.05) is 0 Å². The van der Waals surface area contributed by atoms with Crippen molar-refractivity contribution in [3.63, 3.8) is 0 Å². The minimum atomic E-state index is -4.15. The molecule has 184 valence electrons. The molecule has 0 saturated carbocycles. The molecule has 9 heteroatoms. The van der Waals surface area contributed by atoms with Crippen molar-refractivity contribution in [3.05, 3.63) is 123 Å². The lowest BCUT2D eigenvalue weighted by Crippen LogP contribution is -2.30. The number of ether oxygens (including phenoxy) is 1. The fourth-order valence-electron chi connectivity index (χ4n) is 3.40. The van der Waals surface area contributed by atoms with Crippen molar-refractivity contribution < 1.29 is 17.9 Å². The molecule has 0 fully saturated rings. The molecule has 0 radical (unpaired) electrons. The van der Waals surface area contributed by atoms with E-state index >= 15 is 0 Å². The summed E-state index contributed by atoms with van der Waals surface area (Å²) in [6.07, 6.45) is 0. The van der Waals surface area contributed by atoms with Crippen LogP contribution in [0.15, 0.2) is 95.9 Å². The third-order valence-corrected chi connectivity index (χ3v) is 7.60. The van der Waals surface area contributed by atoms with Gasteiger partial charge in [0.1, 0.15) is 4.90 Å². The van der Waals surface area contributed by atoms with E-state index in [9.17, 15) is 13.2 Å². The van der Waals surface area contributed by atoms with Crippen LogP contribution in [0.25, 0.3) is 11.1 Å². The molecule has 0 atom stereocenters. The number of carbonyl (C=O) groups excluding carboxylic acids is 1. The van der Waals surface area contributed by atoms with Crippen LogP contribution < -0.4 is 4.72 Å². The van der Waals surface area contributed by atoms with Gasteiger partial charge in [-0.3, -0.25) is 4.79 Å². The Morgan fingerprint density at radius 3 is 1.75 bits per heavy atom. The van der Waals surface area contributed by atoms with Gasteiger partial charge in [-0.05, 0) is 64.7 Å². The van der Waals surface area contributed by atoms with Crippen LogP contribution in [0, 0.1) is 0 Å². The summed E-state index contributed by atoms with van der Waals surface area (Å²) in [5, 5.41) is 0.915. The summed E-state index contributed by atoms with van der Waals surface area (Å²) in [6.45, 7) is 0.753. The first-order valence-corrected chi connectivity index (χ1v) is 13.4. The number of nitrogens with one attached hydrogen (secondary N) is 1. The zero-order valence-electron chi connectivity index (χ0n) is 18.7. The SMILES string of the molecule is O=C(NS(=O)(=O)c1ccc(Cl)cc1Cl)c1ccc(COCc2ccc(-c3ccc(Cl)cc3)cc2)cc1. The number of halogens is 3. The molecule has 5 nitrogen and oxygen atoms in total. The summed E-state index contributed by atoms with van der Waals surface area (Å²) in [5.74, 6) is -0.769. The fraction of sp³-hybridized carbons (Fsp3) is 0.0741. The first-order chi connectivity index (χ1) is 17.2. The van der Waals surface area contributed by atoms with Crippen LogP contribution >= 0.6 is 34.8 Å². The standard InChI is InChI=1S/C27H20Cl3NO4S/c28-23-11-9-21(10-12-23)20-5-1-18(2-6-20)16-35-17-19-3-7-22(8-4-19)27(32)31-36(33,34)26-14-13-24(29)15-25(26)30/h1-15H,16-17H2,(H,31,32). The molecular formula is C27H20Cl3NO4S. The molecule has 0 aliphatic heterocycles. The van der Waals surface area contributed by atoms with Crippen LogP contribution in [0.3, 0.4) is 0 Å². The van der Waals surface area contributed by atoms with Crippen molar-refractivity contribution in [2.45, 2.75) is 18.1 Å². The smallest absolute Gasteiger partial charge is 0.265 e. The maximum absolute atomic E-state index is 12.5. The summed E-state index contributed by atoms with van der Waals surface area (Å²) in [7, 11) is -4.15. The highest BCUT2D eigenvalue weighted by molar-refractivity contribution is 7.90. The van der Waals surface area contributed by atoms with Crippen LogP contribution in [0.1, 0.15) is 21.5 Å². The van der Waals surface area contributed by atoms with Gasteiger partial charge < -0.3 is 4.74 Å². The van der Waals surface area contributed by atoms with Crippen LogP contribution in [0.5, 0.6) is 0 Å². The Bertz CT molecular complexity index is 1470. The number of hydrogen-bond donors (Lipinski definition) is 1. The molecule has 4 rings (SSSR count). The van der Waals surface area contributed by atoms with Gasteiger partial charge in [0.05, 0.1) is 18.2 Å². The second-order valence-corrected chi connectivity index (χ2v) is 10.8. The Balaban J connectivity index is 1.31. The molecule has 0 spiro atoms. The van der Waals surface area contributed by atoms with Crippen LogP contribution in [0.2, 0.25) is 15.1 Å². The van der Waals surface area contributed by atoms with Gasteiger partial charge in [-0.2, -0.15) is 0 Å². The second kappa shape index (κ2) is 11.5. The highest BCUT2D eigenvalue weighted by atomic mass is 35.5. The molecule has 0 aromatic heterocycles. The zero-order chi connectivity index (χ0) is 25.7. The van der Waals surface area contributed by atoms with E-state index in [2.05, 4.69) is 0 Å². The number of sulfonamides is 1. The Morgan fingerprint density at radius 1 is 0.694 bits per heavy atom. The van der Waals surface area contributed by atoms with E-state index in [1.165, 1.54) is 30.3 Å². The van der Waals surface area contributed by atoms with Crippen LogP contribution in [0.4, 0.5) is 0 Å². The molecule has 0 bridgehead atoms. The lowest BCUT2D eigenvalue weighted by Gasteiger charge is -2.10. The molecule has 0 saturated heterocycles. The third-order valence-electron chi connectivity index (χ3n) is 5.30. The highest BCUT2D eigenvalue weighted by Crippen LogP contribution is 2.25. The van der Waals surface area contributed by atoms with Crippen LogP contribution in [-0.4, -0.2) is 14.3 Å². The maximum atomic E-state index is 12.5. The van der Waals surface area contributed by atoms with Gasteiger partial charge in [0.25, 0.3) is 15.9 Å². The van der Waals surface area contributed by atoms with Crippen molar-refractivity contribution >= 4 is 50.7 Å². The average Bonchev–Trinajstić information content (AvgIpc) is 2.85. The molecule has 0 heterocycles. The highest BCUT2D eigenvalue weighted by Gasteiger charge is 2.21. The van der Waals surface area contributed by atoms with Gasteiger partial charge in [0.2, 0.25) is 0 Å². The van der Waals surface area contributed by atoms with Crippen molar-refractivity contribution in [1.29, 1.82) is 0 Å². The van der Waals surface area contributed by atoms with E-state index in [4.69, 9.17) is 39.5 Å². The Hall–Kier alpha value is -2.87. The molecule has 4 aromatic carbocycles. The van der Waals surface area contributed by atoms with E-state index < -0.39 is 15.9 Å². The summed E-state index contributed by atoms with van der Waals surface area (Å²) < 4.78 is 32.9. The summed E-state index contributed by atoms with van der Waals surface area (Å²) in [5.41, 5.74) is 4.22. The predicted molar refractivity (Wildman–Crippen MR) is 143 cm³/mol. The van der Waals surface area contributed by atoms with Gasteiger partial charge >= 0.3 is 0 Å². The minimum Gasteiger partial charge on any atom is -0.372 e. The number of amides is 1. The minimum absolute atomic E-state index is 0.0742. The number of benzene rings is 4. The number of rotatable bonds is 8. The van der Waals surface area contributed by atoms with E-state index in [0.717, 1.165) is 22.3 Å². The first-order valence-electron chi connectivity index (χ1n) is 10.7. The maximum Gasteiger partial charge on any atom is 0.265 e. The summed E-state index contributed by atoms with van der Waals surface area (Å²) in [6, 6.07) is 26.1. The molecule has 1 amide bonds. The third kappa shape index (κ3) is 6.66. The normalized spacial score (nSPS) is 11.3. The van der Waals surface area contributed by atoms with Crippen molar-refractivity contribution in [3.8, 4) is 11.1 Å². The lowest BCUT2D eigenvalue weighted by atomic mass is 10.0. The topological polar surface area (TPSA) is 72.5 Å². The van der Waals surface area contributed by atoms with Crippen molar-refractivity contribution in [1.82, 2.24) is 4.72 Å². The van der Waals surface area contributed by atoms with Gasteiger partial charge in [0, 0.05) is 15.6 Å². The number of carbonyl (C=O) groups is 1. The first kappa shape index (κ1) is 26.2. The fourth-order valence-corrected chi connectivity index (χ4v) is 5.28. The predicted octanol–water partition coefficient (Wildman–Crippen LogP) is 7.15. The quantitative estimate of drug-likeness (QED) is 0.248.